The van der Waals surface area contributed by atoms with Gasteiger partial charge >= 0.3 is 11.9 Å². The third-order valence-electron chi connectivity index (χ3n) is 4.17. The monoisotopic (exact) mass is 450 g/mol. The quantitative estimate of drug-likeness (QED) is 0.166. The van der Waals surface area contributed by atoms with Gasteiger partial charge in [0, 0.05) is 6.42 Å². The van der Waals surface area contributed by atoms with Crippen molar-refractivity contribution in [2.45, 2.75) is 58.3 Å². The molecule has 0 heterocycles. The average Bonchev–Trinajstić information content (AvgIpc) is 2.75. The van der Waals surface area contributed by atoms with Crippen molar-refractivity contribution in [3.05, 3.63) is 0 Å². The van der Waals surface area contributed by atoms with Crippen LogP contribution in [0.1, 0.15) is 58.3 Å². The van der Waals surface area contributed by atoms with Crippen LogP contribution in [0.3, 0.4) is 0 Å². The Bertz CT molecular complexity index is 404. The Morgan fingerprint density at radius 3 is 1.45 bits per heavy atom. The number of carbonyl (C=O) groups is 2. The van der Waals surface area contributed by atoms with Gasteiger partial charge in [0.1, 0.15) is 6.61 Å². The number of aliphatic carboxylic acids is 1. The van der Waals surface area contributed by atoms with Gasteiger partial charge in [-0.3, -0.25) is 9.59 Å². The molecule has 0 rings (SSSR count). The molecule has 31 heavy (non-hydrogen) atoms. The van der Waals surface area contributed by atoms with Crippen LogP contribution in [0.2, 0.25) is 0 Å². The van der Waals surface area contributed by atoms with E-state index in [0.29, 0.717) is 65.9 Å². The summed E-state index contributed by atoms with van der Waals surface area (Å²) >= 11 is 0. The second-order valence-electron chi connectivity index (χ2n) is 6.94. The Balaban J connectivity index is 3.12. The van der Waals surface area contributed by atoms with E-state index in [1.165, 1.54) is 25.7 Å². The molecule has 0 aliphatic rings. The van der Waals surface area contributed by atoms with Crippen molar-refractivity contribution in [1.82, 2.24) is 0 Å². The van der Waals surface area contributed by atoms with Gasteiger partial charge in [0.15, 0.2) is 0 Å². The van der Waals surface area contributed by atoms with Gasteiger partial charge in [0.05, 0.1) is 72.5 Å². The molecule has 0 amide bonds. The maximum atomic E-state index is 11.6. The zero-order valence-electron chi connectivity index (χ0n) is 19.1. The molecule has 9 nitrogen and oxygen atoms in total. The summed E-state index contributed by atoms with van der Waals surface area (Å²) in [6, 6.07) is 0. The van der Waals surface area contributed by atoms with Gasteiger partial charge in [-0.05, 0) is 6.42 Å². The van der Waals surface area contributed by atoms with Gasteiger partial charge in [0.25, 0.3) is 0 Å². The van der Waals surface area contributed by atoms with Crippen molar-refractivity contribution in [1.29, 1.82) is 0 Å². The zero-order chi connectivity index (χ0) is 22.8. The third kappa shape index (κ3) is 26.7. The molecule has 0 saturated carbocycles. The first-order valence-electron chi connectivity index (χ1n) is 11.4. The molecule has 9 heteroatoms. The Morgan fingerprint density at radius 2 is 0.968 bits per heavy atom. The highest BCUT2D eigenvalue weighted by Crippen LogP contribution is 2.07. The fourth-order valence-electron chi connectivity index (χ4n) is 2.48. The summed E-state index contributed by atoms with van der Waals surface area (Å²) in [7, 11) is 0. The molecule has 0 atom stereocenters. The van der Waals surface area contributed by atoms with Gasteiger partial charge in [-0.25, -0.2) is 0 Å². The topological polar surface area (TPSA) is 110 Å². The molecular weight excluding hydrogens is 408 g/mol. The first-order valence-corrected chi connectivity index (χ1v) is 11.4. The highest BCUT2D eigenvalue weighted by Gasteiger charge is 2.02. The van der Waals surface area contributed by atoms with Gasteiger partial charge in [0.2, 0.25) is 0 Å². The average molecular weight is 451 g/mol. The summed E-state index contributed by atoms with van der Waals surface area (Å²) in [5.41, 5.74) is 0. The van der Waals surface area contributed by atoms with Gasteiger partial charge < -0.3 is 33.5 Å². The molecule has 1 N–H and O–H groups in total. The SMILES string of the molecule is CCCCCCCCC(=O)OCCOCCOCCOCCOCCOCCC(=O)O. The second kappa shape index (κ2) is 25.0. The van der Waals surface area contributed by atoms with Crippen LogP contribution in [0.4, 0.5) is 0 Å². The summed E-state index contributed by atoms with van der Waals surface area (Å²) in [4.78, 5) is 21.8. The van der Waals surface area contributed by atoms with Crippen molar-refractivity contribution in [3.8, 4) is 0 Å². The molecule has 0 spiro atoms. The lowest BCUT2D eigenvalue weighted by atomic mass is 10.1. The number of ether oxygens (including phenoxy) is 6. The van der Waals surface area contributed by atoms with Crippen LogP contribution in [-0.2, 0) is 38.0 Å². The van der Waals surface area contributed by atoms with Gasteiger partial charge in [-0.15, -0.1) is 0 Å². The van der Waals surface area contributed by atoms with Crippen molar-refractivity contribution in [2.24, 2.45) is 0 Å². The first kappa shape index (κ1) is 29.7. The number of unbranched alkanes of at least 4 members (excludes halogenated alkanes) is 5. The molecule has 0 aromatic rings. The summed E-state index contributed by atoms with van der Waals surface area (Å²) < 4.78 is 31.6. The normalized spacial score (nSPS) is 11.0. The minimum Gasteiger partial charge on any atom is -0.481 e. The predicted molar refractivity (Wildman–Crippen MR) is 115 cm³/mol. The molecule has 0 aliphatic heterocycles. The van der Waals surface area contributed by atoms with E-state index in [2.05, 4.69) is 6.92 Å². The number of carbonyl (C=O) groups excluding carboxylic acids is 1. The van der Waals surface area contributed by atoms with Crippen LogP contribution in [0.25, 0.3) is 0 Å². The summed E-state index contributed by atoms with van der Waals surface area (Å²) in [5.74, 6) is -1.02. The molecule has 0 radical (unpaired) electrons. The first-order chi connectivity index (χ1) is 15.2. The lowest BCUT2D eigenvalue weighted by Crippen LogP contribution is -2.15. The Labute approximate surface area is 186 Å². The highest BCUT2D eigenvalue weighted by molar-refractivity contribution is 5.69. The number of esters is 1. The fraction of sp³-hybridized carbons (Fsp3) is 0.909. The van der Waals surface area contributed by atoms with E-state index in [0.717, 1.165) is 12.8 Å². The fourth-order valence-corrected chi connectivity index (χ4v) is 2.48. The number of carboxylic acid groups (broad SMARTS) is 1. The van der Waals surface area contributed by atoms with E-state index in [1.54, 1.807) is 0 Å². The lowest BCUT2D eigenvalue weighted by molar-refractivity contribution is -0.145. The van der Waals surface area contributed by atoms with Crippen LogP contribution in [0.15, 0.2) is 0 Å². The van der Waals surface area contributed by atoms with Crippen molar-refractivity contribution in [3.63, 3.8) is 0 Å². The minimum atomic E-state index is -0.873. The molecule has 0 aromatic heterocycles. The molecule has 0 aromatic carbocycles. The number of hydrogen-bond acceptors (Lipinski definition) is 8. The zero-order valence-corrected chi connectivity index (χ0v) is 19.1. The van der Waals surface area contributed by atoms with E-state index in [4.69, 9.17) is 33.5 Å². The van der Waals surface area contributed by atoms with Crippen LogP contribution in [0.5, 0.6) is 0 Å². The van der Waals surface area contributed by atoms with E-state index in [9.17, 15) is 9.59 Å². The largest absolute Gasteiger partial charge is 0.481 e. The van der Waals surface area contributed by atoms with Crippen molar-refractivity contribution >= 4 is 11.9 Å². The second-order valence-corrected chi connectivity index (χ2v) is 6.94. The molecule has 0 saturated heterocycles. The molecular formula is C22H42O9. The van der Waals surface area contributed by atoms with Gasteiger partial charge in [-0.2, -0.15) is 0 Å². The Morgan fingerprint density at radius 1 is 0.548 bits per heavy atom. The number of hydrogen-bond donors (Lipinski definition) is 1. The van der Waals surface area contributed by atoms with E-state index in [-0.39, 0.29) is 25.6 Å². The van der Waals surface area contributed by atoms with Crippen LogP contribution in [-0.4, -0.2) is 89.7 Å². The Kier molecular flexibility index (Phi) is 24.0. The van der Waals surface area contributed by atoms with Crippen molar-refractivity contribution in [2.75, 3.05) is 72.7 Å². The van der Waals surface area contributed by atoms with Crippen LogP contribution < -0.4 is 0 Å². The highest BCUT2D eigenvalue weighted by atomic mass is 16.6. The minimum absolute atomic E-state index is 0.000905. The summed E-state index contributed by atoms with van der Waals surface area (Å²) in [6.45, 7) is 6.56. The molecule has 0 fully saturated rings. The molecule has 0 aliphatic carbocycles. The van der Waals surface area contributed by atoms with E-state index >= 15 is 0 Å². The standard InChI is InChI=1S/C22H42O9/c1-2-3-4-5-6-7-8-22(25)31-20-19-30-18-17-29-16-15-28-14-13-27-12-11-26-10-9-21(23)24/h2-20H2,1H3,(H,23,24). The van der Waals surface area contributed by atoms with E-state index < -0.39 is 5.97 Å². The smallest absolute Gasteiger partial charge is 0.305 e. The third-order valence-corrected chi connectivity index (χ3v) is 4.17. The predicted octanol–water partition coefficient (Wildman–Crippen LogP) is 2.84. The molecule has 0 unspecified atom stereocenters. The van der Waals surface area contributed by atoms with E-state index in [1.807, 2.05) is 0 Å². The maximum absolute atomic E-state index is 11.6. The van der Waals surface area contributed by atoms with Crippen LogP contribution >= 0.6 is 0 Å². The maximum Gasteiger partial charge on any atom is 0.305 e. The molecule has 184 valence electrons. The summed E-state index contributed by atoms with van der Waals surface area (Å²) in [5, 5.41) is 8.44. The van der Waals surface area contributed by atoms with Crippen LogP contribution in [0, 0.1) is 0 Å². The Hall–Kier alpha value is -1.26. The number of carboxylic acids is 1. The number of rotatable bonds is 25. The summed E-state index contributed by atoms with van der Waals surface area (Å²) in [6.07, 6.45) is 7.41. The molecule has 0 bridgehead atoms. The lowest BCUT2D eigenvalue weighted by Gasteiger charge is -2.08. The van der Waals surface area contributed by atoms with Gasteiger partial charge in [-0.1, -0.05) is 39.0 Å². The van der Waals surface area contributed by atoms with Crippen molar-refractivity contribution < 1.29 is 43.1 Å².